The van der Waals surface area contributed by atoms with Crippen LogP contribution >= 0.6 is 0 Å². The summed E-state index contributed by atoms with van der Waals surface area (Å²) in [7, 11) is 0. The highest BCUT2D eigenvalue weighted by Crippen LogP contribution is 2.19. The Morgan fingerprint density at radius 1 is 1.07 bits per heavy atom. The number of aromatic nitrogens is 2. The van der Waals surface area contributed by atoms with Crippen molar-refractivity contribution in [3.05, 3.63) is 75.7 Å². The van der Waals surface area contributed by atoms with Gasteiger partial charge in [0, 0.05) is 11.9 Å². The van der Waals surface area contributed by atoms with Gasteiger partial charge in [-0.15, -0.1) is 0 Å². The quantitative estimate of drug-likeness (QED) is 0.621. The van der Waals surface area contributed by atoms with Crippen LogP contribution in [0.3, 0.4) is 0 Å². The van der Waals surface area contributed by atoms with Crippen molar-refractivity contribution < 1.29 is 4.79 Å². The molecule has 1 heterocycles. The molecule has 0 bridgehead atoms. The van der Waals surface area contributed by atoms with Crippen LogP contribution in [0.15, 0.2) is 53.3 Å². The molecule has 0 aliphatic carbocycles. The third-order valence-corrected chi connectivity index (χ3v) is 5.06. The number of nitrogens with zero attached hydrogens (tertiary/aromatic N) is 2. The van der Waals surface area contributed by atoms with Crippen molar-refractivity contribution in [2.24, 2.45) is 0 Å². The molecule has 1 atom stereocenters. The highest BCUT2D eigenvalue weighted by atomic mass is 16.2. The normalized spacial score (nSPS) is 12.1. The zero-order valence-corrected chi connectivity index (χ0v) is 16.7. The summed E-state index contributed by atoms with van der Waals surface area (Å²) >= 11 is 0. The maximum absolute atomic E-state index is 13.1. The number of nitrogens with one attached hydrogen (secondary N) is 1. The molecule has 0 aliphatic rings. The van der Waals surface area contributed by atoms with E-state index >= 15 is 0 Å². The molecule has 2 aromatic carbocycles. The first-order valence-corrected chi connectivity index (χ1v) is 9.89. The van der Waals surface area contributed by atoms with E-state index in [0.717, 1.165) is 30.4 Å². The van der Waals surface area contributed by atoms with Crippen molar-refractivity contribution in [1.29, 1.82) is 0 Å². The molecule has 0 spiro atoms. The van der Waals surface area contributed by atoms with Crippen molar-refractivity contribution in [1.82, 2.24) is 15.1 Å². The number of carbonyl (C=O) groups excluding carboxylic acids is 1. The summed E-state index contributed by atoms with van der Waals surface area (Å²) in [6.45, 7) is 6.62. The number of fused-ring (bicyclic) bond motifs is 1. The minimum atomic E-state index is -0.267. The van der Waals surface area contributed by atoms with E-state index in [1.54, 1.807) is 12.1 Å². The van der Waals surface area contributed by atoms with Gasteiger partial charge in [-0.2, -0.15) is 5.10 Å². The lowest BCUT2D eigenvalue weighted by Crippen LogP contribution is -2.32. The van der Waals surface area contributed by atoms with Gasteiger partial charge in [0.1, 0.15) is 0 Å². The number of benzene rings is 2. The Morgan fingerprint density at radius 3 is 2.46 bits per heavy atom. The molecule has 1 N–H and O–H groups in total. The number of hydrogen-bond donors (Lipinski definition) is 1. The summed E-state index contributed by atoms with van der Waals surface area (Å²) in [6, 6.07) is 15.0. The second kappa shape index (κ2) is 8.83. The summed E-state index contributed by atoms with van der Waals surface area (Å²) in [5.41, 5.74) is 2.34. The minimum absolute atomic E-state index is 0.143. The first-order valence-electron chi connectivity index (χ1n) is 9.89. The van der Waals surface area contributed by atoms with E-state index in [-0.39, 0.29) is 17.5 Å². The zero-order valence-electron chi connectivity index (χ0n) is 16.7. The van der Waals surface area contributed by atoms with Crippen molar-refractivity contribution in [2.45, 2.75) is 52.6 Å². The van der Waals surface area contributed by atoms with Gasteiger partial charge in [0.15, 0.2) is 5.69 Å². The molecule has 3 aromatic rings. The van der Waals surface area contributed by atoms with Crippen LogP contribution in [-0.2, 0) is 6.54 Å². The van der Waals surface area contributed by atoms with Crippen LogP contribution in [0.5, 0.6) is 0 Å². The molecule has 5 heteroatoms. The highest BCUT2D eigenvalue weighted by Gasteiger charge is 2.19. The van der Waals surface area contributed by atoms with E-state index in [1.165, 1.54) is 4.68 Å². The van der Waals surface area contributed by atoms with E-state index in [9.17, 15) is 9.59 Å². The van der Waals surface area contributed by atoms with Crippen LogP contribution in [0.25, 0.3) is 10.8 Å². The fourth-order valence-electron chi connectivity index (χ4n) is 3.48. The van der Waals surface area contributed by atoms with E-state index in [4.69, 9.17) is 0 Å². The monoisotopic (exact) mass is 377 g/mol. The van der Waals surface area contributed by atoms with Gasteiger partial charge in [-0.05, 0) is 37.5 Å². The number of aryl methyl sites for hydroxylation is 2. The van der Waals surface area contributed by atoms with Crippen LogP contribution in [0.4, 0.5) is 0 Å². The van der Waals surface area contributed by atoms with E-state index in [1.807, 2.05) is 50.2 Å². The maximum atomic E-state index is 13.1. The average Bonchev–Trinajstić information content (AvgIpc) is 2.70. The Labute approximate surface area is 165 Å². The van der Waals surface area contributed by atoms with E-state index < -0.39 is 0 Å². The Morgan fingerprint density at radius 2 is 1.75 bits per heavy atom. The number of rotatable bonds is 7. The van der Waals surface area contributed by atoms with Gasteiger partial charge in [0.2, 0.25) is 0 Å². The zero-order chi connectivity index (χ0) is 20.1. The smallest absolute Gasteiger partial charge is 0.274 e. The van der Waals surface area contributed by atoms with Gasteiger partial charge in [-0.25, -0.2) is 4.68 Å². The Balaban J connectivity index is 1.96. The predicted molar refractivity (Wildman–Crippen MR) is 113 cm³/mol. The number of unbranched alkanes of at least 4 members (excludes halogenated alkanes) is 2. The first kappa shape index (κ1) is 19.8. The molecular weight excluding hydrogens is 350 g/mol. The van der Waals surface area contributed by atoms with Crippen LogP contribution < -0.4 is 10.9 Å². The van der Waals surface area contributed by atoms with Gasteiger partial charge in [0.05, 0.1) is 11.4 Å². The predicted octanol–water partition coefficient (Wildman–Crippen LogP) is 4.39. The summed E-state index contributed by atoms with van der Waals surface area (Å²) < 4.78 is 1.44. The third-order valence-electron chi connectivity index (χ3n) is 5.06. The molecule has 0 aliphatic heterocycles. The fraction of sp³-hybridized carbons (Fsp3) is 0.348. The SMILES string of the molecule is CCCCCn1nc(C(=O)NC(C)c2ccccc2C)c2ccccc2c1=O. The molecule has 0 fully saturated rings. The topological polar surface area (TPSA) is 64.0 Å². The van der Waals surface area contributed by atoms with Gasteiger partial charge in [0.25, 0.3) is 11.5 Å². The maximum Gasteiger partial charge on any atom is 0.274 e. The highest BCUT2D eigenvalue weighted by molar-refractivity contribution is 6.04. The summed E-state index contributed by atoms with van der Waals surface area (Å²) in [5, 5.41) is 8.60. The molecule has 28 heavy (non-hydrogen) atoms. The fourth-order valence-corrected chi connectivity index (χ4v) is 3.48. The largest absolute Gasteiger partial charge is 0.344 e. The number of hydrogen-bond acceptors (Lipinski definition) is 3. The van der Waals surface area contributed by atoms with Crippen molar-refractivity contribution >= 4 is 16.7 Å². The molecule has 1 amide bonds. The molecule has 3 rings (SSSR count). The van der Waals surface area contributed by atoms with Crippen molar-refractivity contribution in [2.75, 3.05) is 0 Å². The van der Waals surface area contributed by atoms with E-state index in [2.05, 4.69) is 17.3 Å². The average molecular weight is 377 g/mol. The lowest BCUT2D eigenvalue weighted by atomic mass is 10.0. The molecule has 146 valence electrons. The Bertz CT molecular complexity index is 1040. The minimum Gasteiger partial charge on any atom is -0.344 e. The van der Waals surface area contributed by atoms with Gasteiger partial charge in [-0.3, -0.25) is 9.59 Å². The molecule has 1 unspecified atom stereocenters. The van der Waals surface area contributed by atoms with Gasteiger partial charge < -0.3 is 5.32 Å². The summed E-state index contributed by atoms with van der Waals surface area (Å²) in [5.74, 6) is -0.267. The second-order valence-corrected chi connectivity index (χ2v) is 7.18. The Kier molecular flexibility index (Phi) is 6.24. The van der Waals surface area contributed by atoms with Crippen LogP contribution in [0, 0.1) is 6.92 Å². The summed E-state index contributed by atoms with van der Waals surface area (Å²) in [4.78, 5) is 25.8. The van der Waals surface area contributed by atoms with Crippen molar-refractivity contribution in [3.63, 3.8) is 0 Å². The number of carbonyl (C=O) groups is 1. The third kappa shape index (κ3) is 4.14. The van der Waals surface area contributed by atoms with Crippen LogP contribution in [0.2, 0.25) is 0 Å². The lowest BCUT2D eigenvalue weighted by Gasteiger charge is -2.17. The number of amides is 1. The van der Waals surface area contributed by atoms with Crippen LogP contribution in [0.1, 0.15) is 60.8 Å². The summed E-state index contributed by atoms with van der Waals surface area (Å²) in [6.07, 6.45) is 2.94. The molecule has 0 radical (unpaired) electrons. The lowest BCUT2D eigenvalue weighted by molar-refractivity contribution is 0.0934. The van der Waals surface area contributed by atoms with Gasteiger partial charge >= 0.3 is 0 Å². The van der Waals surface area contributed by atoms with Gasteiger partial charge in [-0.1, -0.05) is 62.2 Å². The molecule has 5 nitrogen and oxygen atoms in total. The molecule has 0 saturated heterocycles. The molecule has 1 aromatic heterocycles. The van der Waals surface area contributed by atoms with Crippen molar-refractivity contribution in [3.8, 4) is 0 Å². The van der Waals surface area contributed by atoms with E-state index in [0.29, 0.717) is 23.0 Å². The molecular formula is C23H27N3O2. The van der Waals surface area contributed by atoms with Crippen LogP contribution in [-0.4, -0.2) is 15.7 Å². The Hall–Kier alpha value is -2.95. The molecule has 0 saturated carbocycles. The standard InChI is InChI=1S/C23H27N3O2/c1-4-5-10-15-26-23(28)20-14-9-8-13-19(20)21(25-26)22(27)24-17(3)18-12-7-6-11-16(18)2/h6-9,11-14,17H,4-5,10,15H2,1-3H3,(H,24,27). The second-order valence-electron chi connectivity index (χ2n) is 7.18. The first-order chi connectivity index (χ1) is 13.5.